The van der Waals surface area contributed by atoms with Gasteiger partial charge >= 0.3 is 5.97 Å². The monoisotopic (exact) mass is 333 g/mol. The van der Waals surface area contributed by atoms with Gasteiger partial charge in [-0.2, -0.15) is 0 Å². The van der Waals surface area contributed by atoms with Gasteiger partial charge in [0.05, 0.1) is 18.5 Å². The Morgan fingerprint density at radius 3 is 2.44 bits per heavy atom. The van der Waals surface area contributed by atoms with Crippen molar-refractivity contribution in [2.75, 3.05) is 7.11 Å². The minimum Gasteiger partial charge on any atom is -0.469 e. The van der Waals surface area contributed by atoms with E-state index in [4.69, 9.17) is 4.74 Å². The van der Waals surface area contributed by atoms with Gasteiger partial charge in [0.15, 0.2) is 5.78 Å². The number of benzene rings is 2. The number of aromatic nitrogens is 1. The van der Waals surface area contributed by atoms with E-state index in [1.165, 1.54) is 7.11 Å². The van der Waals surface area contributed by atoms with Crippen LogP contribution in [-0.2, 0) is 16.0 Å². The number of nitrogens with zero attached hydrogens (tertiary/aromatic N) is 1. The number of esters is 1. The van der Waals surface area contributed by atoms with Gasteiger partial charge in [0.2, 0.25) is 0 Å². The number of Topliss-reactive ketones (excluding diaryl/α,β-unsaturated/α-hetero) is 1. The van der Waals surface area contributed by atoms with Crippen molar-refractivity contribution in [3.05, 3.63) is 78.0 Å². The van der Waals surface area contributed by atoms with Gasteiger partial charge in [0.1, 0.15) is 0 Å². The number of ketones is 1. The predicted octanol–water partition coefficient (Wildman–Crippen LogP) is 3.84. The van der Waals surface area contributed by atoms with E-state index in [0.29, 0.717) is 12.0 Å². The van der Waals surface area contributed by atoms with Crippen LogP contribution in [0.15, 0.2) is 66.7 Å². The molecule has 0 saturated heterocycles. The van der Waals surface area contributed by atoms with Crippen molar-refractivity contribution < 1.29 is 14.3 Å². The number of fused-ring (bicyclic) bond motifs is 1. The Balaban J connectivity index is 1.80. The molecule has 1 aromatic heterocycles. The lowest BCUT2D eigenvalue weighted by Gasteiger charge is -2.14. The lowest BCUT2D eigenvalue weighted by atomic mass is 9.93. The van der Waals surface area contributed by atoms with Gasteiger partial charge < -0.3 is 4.74 Å². The van der Waals surface area contributed by atoms with Crippen LogP contribution < -0.4 is 0 Å². The molecular weight excluding hydrogens is 314 g/mol. The zero-order chi connectivity index (χ0) is 17.6. The lowest BCUT2D eigenvalue weighted by Crippen LogP contribution is -2.22. The number of para-hydroxylation sites is 1. The summed E-state index contributed by atoms with van der Waals surface area (Å²) in [5, 5.41) is 1.04. The molecule has 1 atom stereocenters. The van der Waals surface area contributed by atoms with Crippen LogP contribution in [0.25, 0.3) is 10.9 Å². The van der Waals surface area contributed by atoms with Crippen molar-refractivity contribution in [3.63, 3.8) is 0 Å². The Hall–Kier alpha value is -3.01. The molecule has 126 valence electrons. The smallest absolute Gasteiger partial charge is 0.309 e. The normalized spacial score (nSPS) is 11.9. The van der Waals surface area contributed by atoms with Crippen molar-refractivity contribution in [2.24, 2.45) is 5.92 Å². The van der Waals surface area contributed by atoms with Crippen LogP contribution in [0, 0.1) is 5.92 Å². The number of carbonyl (C=O) groups is 2. The number of hydrogen-bond donors (Lipinski definition) is 0. The van der Waals surface area contributed by atoms with Crippen LogP contribution in [0.3, 0.4) is 0 Å². The second kappa shape index (κ2) is 7.71. The van der Waals surface area contributed by atoms with E-state index in [9.17, 15) is 9.59 Å². The Bertz CT molecular complexity index is 890. The summed E-state index contributed by atoms with van der Waals surface area (Å²) >= 11 is 0. The third-order valence-electron chi connectivity index (χ3n) is 4.17. The van der Waals surface area contributed by atoms with Crippen molar-refractivity contribution in [3.8, 4) is 0 Å². The molecule has 0 N–H and O–H groups in total. The minimum absolute atomic E-state index is 0.0724. The summed E-state index contributed by atoms with van der Waals surface area (Å²) in [7, 11) is 1.34. The number of hydrogen-bond acceptors (Lipinski definition) is 4. The van der Waals surface area contributed by atoms with Crippen molar-refractivity contribution in [1.82, 2.24) is 4.98 Å². The first kappa shape index (κ1) is 16.8. The van der Waals surface area contributed by atoms with E-state index >= 15 is 0 Å². The maximum absolute atomic E-state index is 12.4. The molecule has 2 aromatic carbocycles. The van der Waals surface area contributed by atoms with Crippen LogP contribution in [-0.4, -0.2) is 23.8 Å². The molecule has 0 radical (unpaired) electrons. The highest BCUT2D eigenvalue weighted by atomic mass is 16.5. The second-order valence-electron chi connectivity index (χ2n) is 5.91. The number of rotatable bonds is 6. The first-order chi connectivity index (χ1) is 12.2. The third kappa shape index (κ3) is 4.10. The zero-order valence-corrected chi connectivity index (χ0v) is 14.0. The standard InChI is InChI=1S/C21H19NO3/c1-25-21(24)17(14-20(23)16-8-3-2-4-9-16)13-18-12-11-15-7-5-6-10-19(15)22-18/h2-12,17H,13-14H2,1H3. The Kier molecular flexibility index (Phi) is 5.19. The Morgan fingerprint density at radius 1 is 0.960 bits per heavy atom. The SMILES string of the molecule is COC(=O)C(CC(=O)c1ccccc1)Cc1ccc2ccccc2n1. The van der Waals surface area contributed by atoms with Crippen LogP contribution in [0.5, 0.6) is 0 Å². The maximum Gasteiger partial charge on any atom is 0.309 e. The van der Waals surface area contributed by atoms with E-state index < -0.39 is 5.92 Å². The fourth-order valence-corrected chi connectivity index (χ4v) is 2.85. The Labute approximate surface area is 146 Å². The van der Waals surface area contributed by atoms with Crippen molar-refractivity contribution in [1.29, 1.82) is 0 Å². The van der Waals surface area contributed by atoms with Gasteiger partial charge in [-0.15, -0.1) is 0 Å². The molecule has 0 spiro atoms. The summed E-state index contributed by atoms with van der Waals surface area (Å²) in [5.41, 5.74) is 2.25. The molecule has 0 amide bonds. The fourth-order valence-electron chi connectivity index (χ4n) is 2.85. The maximum atomic E-state index is 12.4. The van der Waals surface area contributed by atoms with Crippen molar-refractivity contribution in [2.45, 2.75) is 12.8 Å². The molecular formula is C21H19NO3. The number of methoxy groups -OCH3 is 1. The van der Waals surface area contributed by atoms with Gasteiger partial charge in [0.25, 0.3) is 0 Å². The molecule has 3 aromatic rings. The molecule has 3 rings (SSSR count). The molecule has 0 aliphatic carbocycles. The third-order valence-corrected chi connectivity index (χ3v) is 4.17. The van der Waals surface area contributed by atoms with E-state index in [2.05, 4.69) is 4.98 Å². The summed E-state index contributed by atoms with van der Waals surface area (Å²) in [6.07, 6.45) is 0.473. The highest BCUT2D eigenvalue weighted by molar-refractivity contribution is 5.98. The number of pyridine rings is 1. The summed E-state index contributed by atoms with van der Waals surface area (Å²) < 4.78 is 4.89. The molecule has 1 unspecified atom stereocenters. The molecule has 0 aliphatic rings. The molecule has 4 heteroatoms. The number of carbonyl (C=O) groups excluding carboxylic acids is 2. The first-order valence-electron chi connectivity index (χ1n) is 8.18. The molecule has 4 nitrogen and oxygen atoms in total. The number of ether oxygens (including phenoxy) is 1. The quantitative estimate of drug-likeness (QED) is 0.508. The first-order valence-corrected chi connectivity index (χ1v) is 8.18. The van der Waals surface area contributed by atoms with E-state index in [1.54, 1.807) is 12.1 Å². The van der Waals surface area contributed by atoms with Crippen LogP contribution >= 0.6 is 0 Å². The van der Waals surface area contributed by atoms with Gasteiger partial charge in [0, 0.05) is 29.5 Å². The average Bonchev–Trinajstić information content (AvgIpc) is 2.67. The summed E-state index contributed by atoms with van der Waals surface area (Å²) in [4.78, 5) is 29.2. The van der Waals surface area contributed by atoms with Crippen LogP contribution in [0.4, 0.5) is 0 Å². The average molecular weight is 333 g/mol. The molecule has 0 aliphatic heterocycles. The summed E-state index contributed by atoms with van der Waals surface area (Å²) in [5.74, 6) is -1.01. The van der Waals surface area contributed by atoms with Gasteiger partial charge in [-0.05, 0) is 12.1 Å². The summed E-state index contributed by atoms with van der Waals surface area (Å²) in [6.45, 7) is 0. The minimum atomic E-state index is -0.550. The van der Waals surface area contributed by atoms with Crippen molar-refractivity contribution >= 4 is 22.7 Å². The van der Waals surface area contributed by atoms with Crippen LogP contribution in [0.2, 0.25) is 0 Å². The van der Waals surface area contributed by atoms with Gasteiger partial charge in [-0.25, -0.2) is 0 Å². The molecule has 0 fully saturated rings. The fraction of sp³-hybridized carbons (Fsp3) is 0.190. The molecule has 0 saturated carbocycles. The van der Waals surface area contributed by atoms with Gasteiger partial charge in [-0.3, -0.25) is 14.6 Å². The highest BCUT2D eigenvalue weighted by Crippen LogP contribution is 2.19. The van der Waals surface area contributed by atoms with E-state index in [0.717, 1.165) is 16.6 Å². The second-order valence-corrected chi connectivity index (χ2v) is 5.91. The topological polar surface area (TPSA) is 56.3 Å². The Morgan fingerprint density at radius 2 is 1.68 bits per heavy atom. The predicted molar refractivity (Wildman–Crippen MR) is 96.3 cm³/mol. The lowest BCUT2D eigenvalue weighted by molar-refractivity contribution is -0.145. The largest absolute Gasteiger partial charge is 0.469 e. The van der Waals surface area contributed by atoms with Gasteiger partial charge in [-0.1, -0.05) is 54.6 Å². The van der Waals surface area contributed by atoms with Crippen LogP contribution in [0.1, 0.15) is 22.5 Å². The highest BCUT2D eigenvalue weighted by Gasteiger charge is 2.24. The van der Waals surface area contributed by atoms with E-state index in [1.807, 2.05) is 54.6 Å². The molecule has 1 heterocycles. The summed E-state index contributed by atoms with van der Waals surface area (Å²) in [6, 6.07) is 20.7. The molecule has 0 bridgehead atoms. The zero-order valence-electron chi connectivity index (χ0n) is 14.0. The molecule has 25 heavy (non-hydrogen) atoms. The van der Waals surface area contributed by atoms with E-state index in [-0.39, 0.29) is 18.2 Å².